The van der Waals surface area contributed by atoms with Gasteiger partial charge in [0.25, 0.3) is 0 Å². The number of halogens is 1. The normalized spacial score (nSPS) is 18.3. The van der Waals surface area contributed by atoms with Gasteiger partial charge in [-0.15, -0.1) is 24.0 Å². The van der Waals surface area contributed by atoms with Crippen molar-refractivity contribution in [1.82, 2.24) is 25.3 Å². The smallest absolute Gasteiger partial charge is 0.232 e. The van der Waals surface area contributed by atoms with E-state index < -0.39 is 0 Å². The minimum absolute atomic E-state index is 0. The first-order valence-corrected chi connectivity index (χ1v) is 9.38. The van der Waals surface area contributed by atoms with E-state index in [1.165, 1.54) is 13.0 Å². The Morgan fingerprint density at radius 2 is 2.04 bits per heavy atom. The van der Waals surface area contributed by atoms with Crippen molar-refractivity contribution in [2.75, 3.05) is 39.8 Å². The van der Waals surface area contributed by atoms with Crippen LogP contribution in [-0.2, 0) is 12.0 Å². The molecule has 0 bridgehead atoms. The van der Waals surface area contributed by atoms with Gasteiger partial charge in [-0.25, -0.2) is 0 Å². The molecule has 1 aromatic heterocycles. The van der Waals surface area contributed by atoms with Crippen LogP contribution >= 0.6 is 24.0 Å². The molecule has 1 N–H and O–H groups in total. The summed E-state index contributed by atoms with van der Waals surface area (Å²) in [4.78, 5) is 13.7. The summed E-state index contributed by atoms with van der Waals surface area (Å²) in [5.41, 5.74) is -0.125. The van der Waals surface area contributed by atoms with Crippen molar-refractivity contribution in [3.05, 3.63) is 11.7 Å². The van der Waals surface area contributed by atoms with Gasteiger partial charge in [-0.3, -0.25) is 4.99 Å². The number of likely N-dealkylation sites (tertiary alicyclic amines) is 1. The van der Waals surface area contributed by atoms with Gasteiger partial charge in [0.2, 0.25) is 5.89 Å². The van der Waals surface area contributed by atoms with Gasteiger partial charge in [0.15, 0.2) is 11.8 Å². The largest absolute Gasteiger partial charge is 0.349 e. The Kier molecular flexibility index (Phi) is 9.29. The molecule has 1 aliphatic rings. The summed E-state index contributed by atoms with van der Waals surface area (Å²) in [6.45, 7) is 16.7. The Morgan fingerprint density at radius 3 is 2.58 bits per heavy atom. The van der Waals surface area contributed by atoms with Crippen LogP contribution in [0.15, 0.2) is 9.52 Å². The maximum atomic E-state index is 5.35. The Bertz CT molecular complexity index is 564. The summed E-state index contributed by atoms with van der Waals surface area (Å²) in [6, 6.07) is 0. The standard InChI is InChI=1S/C18H34N6O.HI/c1-7-23(8-2)12-14-9-10-24(13-14)17(19-6)20-11-15-21-16(25-22-15)18(3,4)5;/h14H,7-13H2,1-6H3,(H,19,20);1H. The van der Waals surface area contributed by atoms with E-state index in [2.05, 4.69) is 64.9 Å². The maximum absolute atomic E-state index is 5.35. The van der Waals surface area contributed by atoms with Crippen molar-refractivity contribution < 1.29 is 4.52 Å². The third-order valence-electron chi connectivity index (χ3n) is 4.72. The molecule has 7 nitrogen and oxygen atoms in total. The molecule has 2 rings (SSSR count). The highest BCUT2D eigenvalue weighted by Crippen LogP contribution is 2.20. The summed E-state index contributed by atoms with van der Waals surface area (Å²) in [5, 5.41) is 7.43. The predicted octanol–water partition coefficient (Wildman–Crippen LogP) is 2.72. The minimum atomic E-state index is -0.125. The second-order valence-corrected chi connectivity index (χ2v) is 7.75. The van der Waals surface area contributed by atoms with E-state index in [0.717, 1.165) is 32.1 Å². The maximum Gasteiger partial charge on any atom is 0.232 e. The van der Waals surface area contributed by atoms with Crippen LogP contribution < -0.4 is 5.32 Å². The molecule has 1 unspecified atom stereocenters. The third kappa shape index (κ3) is 6.37. The van der Waals surface area contributed by atoms with Gasteiger partial charge in [-0.05, 0) is 25.4 Å². The van der Waals surface area contributed by atoms with Crippen molar-refractivity contribution >= 4 is 29.9 Å². The molecule has 0 radical (unpaired) electrons. The first-order valence-electron chi connectivity index (χ1n) is 9.38. The van der Waals surface area contributed by atoms with Crippen LogP contribution in [0.5, 0.6) is 0 Å². The molecule has 150 valence electrons. The highest BCUT2D eigenvalue weighted by molar-refractivity contribution is 14.0. The lowest BCUT2D eigenvalue weighted by atomic mass is 9.97. The molecule has 0 aliphatic carbocycles. The molecular weight excluding hydrogens is 443 g/mol. The monoisotopic (exact) mass is 478 g/mol. The van der Waals surface area contributed by atoms with Crippen molar-refractivity contribution in [3.63, 3.8) is 0 Å². The summed E-state index contributed by atoms with van der Waals surface area (Å²) in [6.07, 6.45) is 1.22. The molecule has 0 aromatic carbocycles. The Labute approximate surface area is 175 Å². The van der Waals surface area contributed by atoms with Crippen molar-refractivity contribution in [2.45, 2.75) is 53.0 Å². The van der Waals surface area contributed by atoms with Crippen LogP contribution in [0.2, 0.25) is 0 Å². The van der Waals surface area contributed by atoms with E-state index in [1.54, 1.807) is 0 Å². The van der Waals surface area contributed by atoms with Crippen LogP contribution in [0.3, 0.4) is 0 Å². The number of nitrogens with one attached hydrogen (secondary N) is 1. The predicted molar refractivity (Wildman–Crippen MR) is 116 cm³/mol. The number of aromatic nitrogens is 2. The second kappa shape index (κ2) is 10.4. The van der Waals surface area contributed by atoms with Gasteiger partial charge in [0.1, 0.15) is 0 Å². The van der Waals surface area contributed by atoms with E-state index in [4.69, 9.17) is 4.52 Å². The average Bonchev–Trinajstić information content (AvgIpc) is 3.22. The van der Waals surface area contributed by atoms with E-state index in [9.17, 15) is 0 Å². The van der Waals surface area contributed by atoms with Gasteiger partial charge in [-0.1, -0.05) is 39.8 Å². The molecule has 2 heterocycles. The van der Waals surface area contributed by atoms with Gasteiger partial charge >= 0.3 is 0 Å². The molecule has 1 aliphatic heterocycles. The van der Waals surface area contributed by atoms with Crippen molar-refractivity contribution in [2.24, 2.45) is 10.9 Å². The highest BCUT2D eigenvalue weighted by atomic mass is 127. The highest BCUT2D eigenvalue weighted by Gasteiger charge is 2.26. The summed E-state index contributed by atoms with van der Waals surface area (Å²) >= 11 is 0. The van der Waals surface area contributed by atoms with Gasteiger partial charge in [0, 0.05) is 32.1 Å². The first kappa shape index (κ1) is 23.1. The minimum Gasteiger partial charge on any atom is -0.349 e. The zero-order chi connectivity index (χ0) is 18.4. The lowest BCUT2D eigenvalue weighted by molar-refractivity contribution is 0.255. The van der Waals surface area contributed by atoms with Crippen LogP contribution in [0.4, 0.5) is 0 Å². The zero-order valence-corrected chi connectivity index (χ0v) is 19.4. The summed E-state index contributed by atoms with van der Waals surface area (Å²) in [5.74, 6) is 2.96. The van der Waals surface area contributed by atoms with Gasteiger partial charge in [-0.2, -0.15) is 4.98 Å². The number of hydrogen-bond acceptors (Lipinski definition) is 5. The van der Waals surface area contributed by atoms with Crippen molar-refractivity contribution in [1.29, 1.82) is 0 Å². The number of nitrogens with zero attached hydrogens (tertiary/aromatic N) is 5. The lowest BCUT2D eigenvalue weighted by Crippen LogP contribution is -2.40. The number of hydrogen-bond donors (Lipinski definition) is 1. The summed E-state index contributed by atoms with van der Waals surface area (Å²) < 4.78 is 5.35. The number of guanidine groups is 1. The van der Waals surface area contributed by atoms with Gasteiger partial charge in [0.05, 0.1) is 6.54 Å². The fourth-order valence-corrected chi connectivity index (χ4v) is 3.14. The van der Waals surface area contributed by atoms with Crippen LogP contribution in [-0.4, -0.2) is 65.7 Å². The molecule has 0 amide bonds. The number of aliphatic imine (C=N–C) groups is 1. The third-order valence-corrected chi connectivity index (χ3v) is 4.72. The topological polar surface area (TPSA) is 69.8 Å². The molecule has 1 saturated heterocycles. The van der Waals surface area contributed by atoms with Crippen LogP contribution in [0.1, 0.15) is 52.8 Å². The average molecular weight is 478 g/mol. The van der Waals surface area contributed by atoms with E-state index in [1.807, 2.05) is 7.05 Å². The molecule has 0 saturated carbocycles. The first-order chi connectivity index (χ1) is 11.9. The van der Waals surface area contributed by atoms with Crippen LogP contribution in [0, 0.1) is 5.92 Å². The Balaban J connectivity index is 0.00000338. The molecular formula is C18H35IN6O. The van der Waals surface area contributed by atoms with Crippen molar-refractivity contribution in [3.8, 4) is 0 Å². The molecule has 1 atom stereocenters. The van der Waals surface area contributed by atoms with E-state index in [-0.39, 0.29) is 29.4 Å². The lowest BCUT2D eigenvalue weighted by Gasteiger charge is -2.24. The molecule has 26 heavy (non-hydrogen) atoms. The molecule has 1 fully saturated rings. The Hall–Kier alpha value is -0.900. The molecule has 8 heteroatoms. The SMILES string of the molecule is CCN(CC)CC1CCN(C(=NC)NCc2noc(C(C)(C)C)n2)C1.I. The fraction of sp³-hybridized carbons (Fsp3) is 0.833. The molecule has 0 spiro atoms. The number of rotatable bonds is 6. The fourth-order valence-electron chi connectivity index (χ4n) is 3.14. The zero-order valence-electron chi connectivity index (χ0n) is 17.1. The van der Waals surface area contributed by atoms with E-state index in [0.29, 0.717) is 24.2 Å². The van der Waals surface area contributed by atoms with Gasteiger partial charge < -0.3 is 19.6 Å². The molecule has 1 aromatic rings. The van der Waals surface area contributed by atoms with E-state index >= 15 is 0 Å². The van der Waals surface area contributed by atoms with Crippen LogP contribution in [0.25, 0.3) is 0 Å². The quantitative estimate of drug-likeness (QED) is 0.385. The summed E-state index contributed by atoms with van der Waals surface area (Å²) in [7, 11) is 1.83. The second-order valence-electron chi connectivity index (χ2n) is 7.75. The Morgan fingerprint density at radius 1 is 1.35 bits per heavy atom.